The van der Waals surface area contributed by atoms with Crippen LogP contribution in [-0.2, 0) is 10.9 Å². The third-order valence-corrected chi connectivity index (χ3v) is 1.99. The molecule has 1 atom stereocenters. The summed E-state index contributed by atoms with van der Waals surface area (Å²) in [6.45, 7) is 1.41. The molecule has 0 aliphatic carbocycles. The molecular formula is C8H9F3N2O2. The maximum Gasteiger partial charge on any atom is 0.433 e. The number of H-pyrrole nitrogens is 1. The van der Waals surface area contributed by atoms with Gasteiger partial charge in [-0.2, -0.15) is 18.3 Å². The maximum absolute atomic E-state index is 12.5. The topological polar surface area (TPSA) is 55.0 Å². The summed E-state index contributed by atoms with van der Waals surface area (Å²) in [4.78, 5) is 10.5. The predicted octanol–water partition coefficient (Wildman–Crippen LogP) is 1.95. The molecule has 1 heterocycles. The van der Waals surface area contributed by atoms with Gasteiger partial charge in [0.05, 0.1) is 6.10 Å². The predicted molar refractivity (Wildman–Crippen MR) is 44.4 cm³/mol. The Morgan fingerprint density at radius 2 is 2.13 bits per heavy atom. The molecule has 0 aliphatic rings. The molecule has 1 aromatic rings. The summed E-state index contributed by atoms with van der Waals surface area (Å²) < 4.78 is 42.1. The molecule has 4 nitrogen and oxygen atoms in total. The fraction of sp³-hybridized carbons (Fsp3) is 0.500. The number of carbonyl (C=O) groups is 1. The minimum Gasteiger partial charge on any atom is -0.377 e. The number of halogens is 3. The normalized spacial score (nSPS) is 13.9. The van der Waals surface area contributed by atoms with E-state index in [9.17, 15) is 18.0 Å². The SMILES string of the molecule is COC(C)c1c(C=O)n[nH]c1C(F)(F)F. The van der Waals surface area contributed by atoms with E-state index in [1.54, 1.807) is 5.10 Å². The lowest BCUT2D eigenvalue weighted by Crippen LogP contribution is -2.12. The van der Waals surface area contributed by atoms with E-state index in [1.807, 2.05) is 0 Å². The zero-order valence-electron chi connectivity index (χ0n) is 8.05. The summed E-state index contributed by atoms with van der Waals surface area (Å²) in [5, 5.41) is 5.07. The molecule has 0 amide bonds. The summed E-state index contributed by atoms with van der Waals surface area (Å²) in [7, 11) is 1.26. The summed E-state index contributed by atoms with van der Waals surface area (Å²) >= 11 is 0. The van der Waals surface area contributed by atoms with Gasteiger partial charge in [0.15, 0.2) is 6.29 Å². The molecule has 1 rings (SSSR count). The second kappa shape index (κ2) is 4.01. The van der Waals surface area contributed by atoms with E-state index < -0.39 is 18.0 Å². The van der Waals surface area contributed by atoms with Crippen LogP contribution in [0.15, 0.2) is 0 Å². The Hall–Kier alpha value is -1.37. The number of nitrogens with zero attached hydrogens (tertiary/aromatic N) is 1. The van der Waals surface area contributed by atoms with Gasteiger partial charge in [-0.15, -0.1) is 0 Å². The van der Waals surface area contributed by atoms with Crippen molar-refractivity contribution < 1.29 is 22.7 Å². The molecule has 0 fully saturated rings. The first-order valence-electron chi connectivity index (χ1n) is 4.05. The number of hydrogen-bond acceptors (Lipinski definition) is 3. The maximum atomic E-state index is 12.5. The number of ether oxygens (including phenoxy) is 1. The molecule has 7 heteroatoms. The van der Waals surface area contributed by atoms with Crippen LogP contribution in [0.3, 0.4) is 0 Å². The number of rotatable bonds is 3. The largest absolute Gasteiger partial charge is 0.433 e. The molecule has 0 saturated carbocycles. The molecule has 0 aliphatic heterocycles. The van der Waals surface area contributed by atoms with Crippen molar-refractivity contribution in [3.63, 3.8) is 0 Å². The van der Waals surface area contributed by atoms with Gasteiger partial charge in [-0.1, -0.05) is 0 Å². The first-order chi connectivity index (χ1) is 6.91. The monoisotopic (exact) mass is 222 g/mol. The molecule has 1 N–H and O–H groups in total. The highest BCUT2D eigenvalue weighted by Crippen LogP contribution is 2.34. The van der Waals surface area contributed by atoms with Gasteiger partial charge < -0.3 is 4.74 Å². The first kappa shape index (κ1) is 11.7. The van der Waals surface area contributed by atoms with Gasteiger partial charge >= 0.3 is 6.18 Å². The number of nitrogens with one attached hydrogen (secondary N) is 1. The van der Waals surface area contributed by atoms with Gasteiger partial charge in [0.1, 0.15) is 11.4 Å². The Morgan fingerprint density at radius 3 is 2.53 bits per heavy atom. The number of carbonyl (C=O) groups excluding carboxylic acids is 1. The van der Waals surface area contributed by atoms with Crippen molar-refractivity contribution in [1.29, 1.82) is 0 Å². The van der Waals surface area contributed by atoms with E-state index in [0.717, 1.165) is 0 Å². The van der Waals surface area contributed by atoms with Crippen LogP contribution >= 0.6 is 0 Å². The molecule has 0 bridgehead atoms. The number of methoxy groups -OCH3 is 1. The second-order valence-electron chi connectivity index (χ2n) is 2.89. The highest BCUT2D eigenvalue weighted by Gasteiger charge is 2.38. The summed E-state index contributed by atoms with van der Waals surface area (Å²) in [6.07, 6.45) is -5.16. The third kappa shape index (κ3) is 2.17. The zero-order chi connectivity index (χ0) is 11.6. The third-order valence-electron chi connectivity index (χ3n) is 1.99. The lowest BCUT2D eigenvalue weighted by molar-refractivity contribution is -0.142. The molecule has 84 valence electrons. The minimum atomic E-state index is -4.57. The molecule has 0 aromatic carbocycles. The van der Waals surface area contributed by atoms with Gasteiger partial charge in [-0.05, 0) is 6.92 Å². The average Bonchev–Trinajstić information content (AvgIpc) is 2.59. The van der Waals surface area contributed by atoms with Crippen LogP contribution in [0.25, 0.3) is 0 Å². The number of hydrogen-bond donors (Lipinski definition) is 1. The number of alkyl halides is 3. The lowest BCUT2D eigenvalue weighted by Gasteiger charge is -2.12. The van der Waals surface area contributed by atoms with Gasteiger partial charge in [0.2, 0.25) is 0 Å². The second-order valence-corrected chi connectivity index (χ2v) is 2.89. The average molecular weight is 222 g/mol. The molecule has 0 saturated heterocycles. The van der Waals surface area contributed by atoms with Crippen molar-refractivity contribution in [2.24, 2.45) is 0 Å². The Bertz CT molecular complexity index is 359. The molecule has 0 radical (unpaired) electrons. The van der Waals surface area contributed by atoms with Gasteiger partial charge in [0.25, 0.3) is 0 Å². The highest BCUT2D eigenvalue weighted by molar-refractivity contribution is 5.75. The Balaban J connectivity index is 3.29. The number of aromatic nitrogens is 2. The minimum absolute atomic E-state index is 0.261. The standard InChI is InChI=1S/C8H9F3N2O2/c1-4(15-2)6-5(3-14)12-13-7(6)8(9,10)11/h3-4H,1-2H3,(H,12,13). The van der Waals surface area contributed by atoms with E-state index in [2.05, 4.69) is 5.10 Å². The van der Waals surface area contributed by atoms with E-state index >= 15 is 0 Å². The van der Waals surface area contributed by atoms with Crippen molar-refractivity contribution in [3.8, 4) is 0 Å². The van der Waals surface area contributed by atoms with E-state index in [-0.39, 0.29) is 17.5 Å². The van der Waals surface area contributed by atoms with Crippen molar-refractivity contribution in [1.82, 2.24) is 10.2 Å². The highest BCUT2D eigenvalue weighted by atomic mass is 19.4. The fourth-order valence-electron chi connectivity index (χ4n) is 1.20. The Labute approximate surface area is 83.4 Å². The summed E-state index contributed by atoms with van der Waals surface area (Å²) in [5.74, 6) is 0. The summed E-state index contributed by atoms with van der Waals surface area (Å²) in [6, 6.07) is 0. The molecule has 0 spiro atoms. The quantitative estimate of drug-likeness (QED) is 0.795. The number of aldehydes is 1. The zero-order valence-corrected chi connectivity index (χ0v) is 8.05. The fourth-order valence-corrected chi connectivity index (χ4v) is 1.20. The van der Waals surface area contributed by atoms with Crippen LogP contribution in [0.5, 0.6) is 0 Å². The lowest BCUT2D eigenvalue weighted by atomic mass is 10.1. The van der Waals surface area contributed by atoms with Crippen molar-refractivity contribution in [2.45, 2.75) is 19.2 Å². The van der Waals surface area contributed by atoms with Gasteiger partial charge in [-0.3, -0.25) is 9.89 Å². The van der Waals surface area contributed by atoms with Crippen LogP contribution in [0, 0.1) is 0 Å². The molecular weight excluding hydrogens is 213 g/mol. The van der Waals surface area contributed by atoms with Gasteiger partial charge in [-0.25, -0.2) is 0 Å². The Kier molecular flexibility index (Phi) is 3.13. The molecule has 1 unspecified atom stereocenters. The van der Waals surface area contributed by atoms with E-state index in [1.165, 1.54) is 14.0 Å². The van der Waals surface area contributed by atoms with Gasteiger partial charge in [0, 0.05) is 12.7 Å². The van der Waals surface area contributed by atoms with Crippen LogP contribution < -0.4 is 0 Å². The van der Waals surface area contributed by atoms with Crippen LogP contribution in [0.1, 0.15) is 34.8 Å². The van der Waals surface area contributed by atoms with Crippen LogP contribution in [0.4, 0.5) is 13.2 Å². The van der Waals surface area contributed by atoms with Crippen molar-refractivity contribution >= 4 is 6.29 Å². The van der Waals surface area contributed by atoms with Crippen molar-refractivity contribution in [3.05, 3.63) is 17.0 Å². The van der Waals surface area contributed by atoms with Crippen molar-refractivity contribution in [2.75, 3.05) is 7.11 Å². The van der Waals surface area contributed by atoms with E-state index in [4.69, 9.17) is 4.74 Å². The van der Waals surface area contributed by atoms with Crippen LogP contribution in [0.2, 0.25) is 0 Å². The number of aromatic amines is 1. The Morgan fingerprint density at radius 1 is 1.53 bits per heavy atom. The first-order valence-corrected chi connectivity index (χ1v) is 4.05. The van der Waals surface area contributed by atoms with Crippen LogP contribution in [-0.4, -0.2) is 23.6 Å². The molecule has 1 aromatic heterocycles. The van der Waals surface area contributed by atoms with E-state index in [0.29, 0.717) is 0 Å². The summed E-state index contributed by atoms with van der Waals surface area (Å²) in [5.41, 5.74) is -1.59. The molecule has 15 heavy (non-hydrogen) atoms. The smallest absolute Gasteiger partial charge is 0.377 e.